The van der Waals surface area contributed by atoms with Gasteiger partial charge in [0.25, 0.3) is 0 Å². The Labute approximate surface area is 138 Å². The first-order valence-electron chi connectivity index (χ1n) is 7.96. The van der Waals surface area contributed by atoms with E-state index in [4.69, 9.17) is 0 Å². The Morgan fingerprint density at radius 3 is 2.50 bits per heavy atom. The summed E-state index contributed by atoms with van der Waals surface area (Å²) in [4.78, 5) is 15.3. The van der Waals surface area contributed by atoms with Gasteiger partial charge in [0.2, 0.25) is 5.91 Å². The third kappa shape index (κ3) is 4.50. The molecule has 0 bridgehead atoms. The van der Waals surface area contributed by atoms with Gasteiger partial charge in [-0.15, -0.1) is 11.8 Å². The molecule has 2 unspecified atom stereocenters. The molecule has 0 aliphatic carbocycles. The zero-order chi connectivity index (χ0) is 16.3. The van der Waals surface area contributed by atoms with Crippen molar-refractivity contribution in [1.82, 2.24) is 4.90 Å². The summed E-state index contributed by atoms with van der Waals surface area (Å²) in [5, 5.41) is 9.61. The van der Waals surface area contributed by atoms with Crippen LogP contribution in [-0.4, -0.2) is 40.9 Å². The summed E-state index contributed by atoms with van der Waals surface area (Å²) in [7, 11) is 0. The number of hydrogen-bond donors (Lipinski definition) is 1. The average molecular weight is 321 g/mol. The van der Waals surface area contributed by atoms with Crippen molar-refractivity contribution in [2.24, 2.45) is 5.92 Å². The molecule has 1 amide bonds. The normalized spacial score (nSPS) is 20.2. The Bertz CT molecular complexity index is 505. The quantitative estimate of drug-likeness (QED) is 0.865. The SMILES string of the molecule is CC(O)C1CCN(C(=O)CSc2ccc(C(C)(C)C)cc2)C1. The molecule has 0 spiro atoms. The minimum atomic E-state index is -0.324. The number of nitrogens with zero attached hydrogens (tertiary/aromatic N) is 1. The topological polar surface area (TPSA) is 40.5 Å². The van der Waals surface area contributed by atoms with Gasteiger partial charge in [-0.3, -0.25) is 4.79 Å². The second-order valence-corrected chi connectivity index (χ2v) is 8.24. The molecule has 1 aliphatic heterocycles. The molecular formula is C18H27NO2S. The molecule has 1 N–H and O–H groups in total. The van der Waals surface area contributed by atoms with Crippen LogP contribution in [0.15, 0.2) is 29.2 Å². The van der Waals surface area contributed by atoms with Gasteiger partial charge in [0.05, 0.1) is 11.9 Å². The lowest BCUT2D eigenvalue weighted by molar-refractivity contribution is -0.127. The maximum atomic E-state index is 12.2. The van der Waals surface area contributed by atoms with E-state index in [2.05, 4.69) is 45.0 Å². The van der Waals surface area contributed by atoms with E-state index in [1.165, 1.54) is 5.56 Å². The van der Waals surface area contributed by atoms with Gasteiger partial charge < -0.3 is 10.0 Å². The number of carbonyl (C=O) groups excluding carboxylic acids is 1. The lowest BCUT2D eigenvalue weighted by Crippen LogP contribution is -2.31. The minimum absolute atomic E-state index is 0.157. The molecule has 1 aromatic carbocycles. The molecule has 0 saturated carbocycles. The molecule has 122 valence electrons. The summed E-state index contributed by atoms with van der Waals surface area (Å²) in [5.41, 5.74) is 1.47. The van der Waals surface area contributed by atoms with E-state index >= 15 is 0 Å². The van der Waals surface area contributed by atoms with Gasteiger partial charge in [-0.25, -0.2) is 0 Å². The fourth-order valence-electron chi connectivity index (χ4n) is 2.70. The molecule has 1 aromatic rings. The number of carbonyl (C=O) groups is 1. The Morgan fingerprint density at radius 2 is 2.00 bits per heavy atom. The molecule has 1 heterocycles. The predicted octanol–water partition coefficient (Wildman–Crippen LogP) is 3.31. The van der Waals surface area contributed by atoms with Crippen molar-refractivity contribution in [2.45, 2.75) is 50.5 Å². The highest BCUT2D eigenvalue weighted by Gasteiger charge is 2.28. The first-order valence-corrected chi connectivity index (χ1v) is 8.95. The molecule has 2 atom stereocenters. The molecule has 22 heavy (non-hydrogen) atoms. The van der Waals surface area contributed by atoms with E-state index in [0.29, 0.717) is 12.3 Å². The van der Waals surface area contributed by atoms with Crippen LogP contribution in [0.25, 0.3) is 0 Å². The monoisotopic (exact) mass is 321 g/mol. The molecule has 3 nitrogen and oxygen atoms in total. The smallest absolute Gasteiger partial charge is 0.232 e. The van der Waals surface area contributed by atoms with Gasteiger partial charge in [-0.05, 0) is 36.5 Å². The highest BCUT2D eigenvalue weighted by atomic mass is 32.2. The van der Waals surface area contributed by atoms with Crippen LogP contribution in [0.1, 0.15) is 39.7 Å². The number of thioether (sulfide) groups is 1. The van der Waals surface area contributed by atoms with Crippen molar-refractivity contribution in [3.8, 4) is 0 Å². The molecule has 1 saturated heterocycles. The molecular weight excluding hydrogens is 294 g/mol. The number of benzene rings is 1. The van der Waals surface area contributed by atoms with Crippen LogP contribution in [-0.2, 0) is 10.2 Å². The van der Waals surface area contributed by atoms with Gasteiger partial charge in [0.1, 0.15) is 0 Å². The van der Waals surface area contributed by atoms with Crippen molar-refractivity contribution in [2.75, 3.05) is 18.8 Å². The summed E-state index contributed by atoms with van der Waals surface area (Å²) in [6, 6.07) is 8.49. The first kappa shape index (κ1) is 17.4. The molecule has 1 aliphatic rings. The Morgan fingerprint density at radius 1 is 1.36 bits per heavy atom. The van der Waals surface area contributed by atoms with Gasteiger partial charge >= 0.3 is 0 Å². The van der Waals surface area contributed by atoms with E-state index in [1.807, 2.05) is 11.8 Å². The summed E-state index contributed by atoms with van der Waals surface area (Å²) in [5.74, 6) is 0.884. The number of aliphatic hydroxyl groups excluding tert-OH is 1. The van der Waals surface area contributed by atoms with Crippen LogP contribution >= 0.6 is 11.8 Å². The Hall–Kier alpha value is -1.00. The molecule has 2 rings (SSSR count). The lowest BCUT2D eigenvalue weighted by atomic mass is 9.87. The van der Waals surface area contributed by atoms with Crippen molar-refractivity contribution < 1.29 is 9.90 Å². The van der Waals surface area contributed by atoms with E-state index in [1.54, 1.807) is 11.8 Å². The van der Waals surface area contributed by atoms with Gasteiger partial charge in [0.15, 0.2) is 0 Å². The second kappa shape index (κ2) is 7.05. The minimum Gasteiger partial charge on any atom is -0.393 e. The molecule has 4 heteroatoms. The third-order valence-corrected chi connectivity index (χ3v) is 5.34. The zero-order valence-electron chi connectivity index (χ0n) is 14.0. The largest absolute Gasteiger partial charge is 0.393 e. The van der Waals surface area contributed by atoms with Crippen LogP contribution in [0, 0.1) is 5.92 Å². The van der Waals surface area contributed by atoms with Gasteiger partial charge in [-0.1, -0.05) is 32.9 Å². The van der Waals surface area contributed by atoms with E-state index < -0.39 is 0 Å². The first-order chi connectivity index (χ1) is 10.3. The highest BCUT2D eigenvalue weighted by Crippen LogP contribution is 2.26. The third-order valence-electron chi connectivity index (χ3n) is 4.34. The van der Waals surface area contributed by atoms with Crippen molar-refractivity contribution in [3.05, 3.63) is 29.8 Å². The number of likely N-dealkylation sites (tertiary alicyclic amines) is 1. The van der Waals surface area contributed by atoms with Crippen LogP contribution in [0.5, 0.6) is 0 Å². The fourth-order valence-corrected chi connectivity index (χ4v) is 3.50. The van der Waals surface area contributed by atoms with E-state index in [0.717, 1.165) is 17.9 Å². The summed E-state index contributed by atoms with van der Waals surface area (Å²) >= 11 is 1.59. The van der Waals surface area contributed by atoms with E-state index in [9.17, 15) is 9.90 Å². The summed E-state index contributed by atoms with van der Waals surface area (Å²) < 4.78 is 0. The van der Waals surface area contributed by atoms with Crippen LogP contribution in [0.2, 0.25) is 0 Å². The second-order valence-electron chi connectivity index (χ2n) is 7.19. The number of rotatable bonds is 4. The molecule has 0 aromatic heterocycles. The number of hydrogen-bond acceptors (Lipinski definition) is 3. The predicted molar refractivity (Wildman–Crippen MR) is 92.2 cm³/mol. The molecule has 0 radical (unpaired) electrons. The van der Waals surface area contributed by atoms with Crippen molar-refractivity contribution >= 4 is 17.7 Å². The van der Waals surface area contributed by atoms with Gasteiger partial charge in [-0.2, -0.15) is 0 Å². The van der Waals surface area contributed by atoms with Crippen molar-refractivity contribution in [3.63, 3.8) is 0 Å². The molecule has 1 fully saturated rings. The Balaban J connectivity index is 1.84. The van der Waals surface area contributed by atoms with Crippen LogP contribution in [0.3, 0.4) is 0 Å². The highest BCUT2D eigenvalue weighted by molar-refractivity contribution is 8.00. The van der Waals surface area contributed by atoms with E-state index in [-0.39, 0.29) is 23.3 Å². The number of aliphatic hydroxyl groups is 1. The maximum absolute atomic E-state index is 12.2. The fraction of sp³-hybridized carbons (Fsp3) is 0.611. The van der Waals surface area contributed by atoms with Crippen LogP contribution < -0.4 is 0 Å². The van der Waals surface area contributed by atoms with Crippen molar-refractivity contribution in [1.29, 1.82) is 0 Å². The zero-order valence-corrected chi connectivity index (χ0v) is 14.8. The standard InChI is InChI=1S/C18H27NO2S/c1-13(20)14-9-10-19(11-14)17(21)12-22-16-7-5-15(6-8-16)18(2,3)4/h5-8,13-14,20H,9-12H2,1-4H3. The van der Waals surface area contributed by atoms with Crippen LogP contribution in [0.4, 0.5) is 0 Å². The number of amides is 1. The Kier molecular flexibility index (Phi) is 5.56. The average Bonchev–Trinajstić information content (AvgIpc) is 2.94. The maximum Gasteiger partial charge on any atom is 0.232 e. The summed E-state index contributed by atoms with van der Waals surface area (Å²) in [6.07, 6.45) is 0.587. The lowest BCUT2D eigenvalue weighted by Gasteiger charge is -2.19. The summed E-state index contributed by atoms with van der Waals surface area (Å²) in [6.45, 7) is 9.88. The van der Waals surface area contributed by atoms with Gasteiger partial charge in [0, 0.05) is 23.9 Å².